The number of halogens is 1. The maximum Gasteiger partial charge on any atom is 0.283 e. The van der Waals surface area contributed by atoms with E-state index >= 15 is 0 Å². The normalized spacial score (nSPS) is 10.3. The minimum absolute atomic E-state index is 0.161. The highest BCUT2D eigenvalue weighted by molar-refractivity contribution is 9.10. The Bertz CT molecular complexity index is 592. The van der Waals surface area contributed by atoms with E-state index in [0.29, 0.717) is 23.2 Å². The molecule has 2 aromatic heterocycles. The second-order valence-corrected chi connectivity index (χ2v) is 5.41. The van der Waals surface area contributed by atoms with Gasteiger partial charge in [-0.3, -0.25) is 4.79 Å². The first-order chi connectivity index (χ1) is 8.72. The number of thiophene rings is 1. The van der Waals surface area contributed by atoms with Gasteiger partial charge in [0.25, 0.3) is 5.56 Å². The van der Waals surface area contributed by atoms with E-state index in [4.69, 9.17) is 0 Å². The van der Waals surface area contributed by atoms with Gasteiger partial charge in [0, 0.05) is 11.4 Å². The highest BCUT2D eigenvalue weighted by Crippen LogP contribution is 2.18. The standard InChI is InChI=1S/C12H12BrN3OS/c1-2-5-16-12(17)11(13)10(8-15-16)14-7-9-4-3-6-18-9/h2-4,6,8,14H,1,5,7H2. The maximum absolute atomic E-state index is 11.9. The van der Waals surface area contributed by atoms with Gasteiger partial charge in [-0.2, -0.15) is 5.10 Å². The Kier molecular flexibility index (Phi) is 4.33. The van der Waals surface area contributed by atoms with Crippen LogP contribution < -0.4 is 10.9 Å². The molecule has 0 aliphatic heterocycles. The van der Waals surface area contributed by atoms with Crippen molar-refractivity contribution in [2.45, 2.75) is 13.1 Å². The Hall–Kier alpha value is -1.40. The molecule has 0 saturated carbocycles. The highest BCUT2D eigenvalue weighted by atomic mass is 79.9. The van der Waals surface area contributed by atoms with Crippen LogP contribution in [0.1, 0.15) is 4.88 Å². The fourth-order valence-corrected chi connectivity index (χ4v) is 2.53. The average molecular weight is 326 g/mol. The van der Waals surface area contributed by atoms with E-state index in [9.17, 15) is 4.79 Å². The topological polar surface area (TPSA) is 46.9 Å². The van der Waals surface area contributed by atoms with Crippen molar-refractivity contribution in [3.8, 4) is 0 Å². The summed E-state index contributed by atoms with van der Waals surface area (Å²) in [6.45, 7) is 4.68. The van der Waals surface area contributed by atoms with Crippen molar-refractivity contribution in [3.05, 3.63) is 56.1 Å². The van der Waals surface area contributed by atoms with Crippen LogP contribution in [0.15, 0.2) is 45.6 Å². The molecule has 6 heteroatoms. The van der Waals surface area contributed by atoms with E-state index in [1.807, 2.05) is 17.5 Å². The van der Waals surface area contributed by atoms with Crippen LogP contribution in [0.4, 0.5) is 5.69 Å². The molecule has 2 rings (SSSR count). The number of hydrogen-bond donors (Lipinski definition) is 1. The van der Waals surface area contributed by atoms with Crippen molar-refractivity contribution in [2.24, 2.45) is 0 Å². The maximum atomic E-state index is 11.9. The molecule has 0 bridgehead atoms. The zero-order chi connectivity index (χ0) is 13.0. The molecule has 0 aliphatic rings. The van der Waals surface area contributed by atoms with Crippen LogP contribution in [-0.4, -0.2) is 9.78 Å². The Labute approximate surface area is 117 Å². The molecule has 0 aromatic carbocycles. The second kappa shape index (κ2) is 5.97. The molecule has 0 aliphatic carbocycles. The molecule has 2 heterocycles. The fourth-order valence-electron chi connectivity index (χ4n) is 1.44. The first-order valence-electron chi connectivity index (χ1n) is 5.35. The quantitative estimate of drug-likeness (QED) is 0.860. The summed E-state index contributed by atoms with van der Waals surface area (Å²) in [6.07, 6.45) is 3.28. The van der Waals surface area contributed by atoms with E-state index in [0.717, 1.165) is 0 Å². The van der Waals surface area contributed by atoms with Crippen molar-refractivity contribution < 1.29 is 0 Å². The van der Waals surface area contributed by atoms with Crippen molar-refractivity contribution >= 4 is 33.0 Å². The largest absolute Gasteiger partial charge is 0.378 e. The van der Waals surface area contributed by atoms with Gasteiger partial charge >= 0.3 is 0 Å². The van der Waals surface area contributed by atoms with Gasteiger partial charge in [0.1, 0.15) is 4.47 Å². The lowest BCUT2D eigenvalue weighted by atomic mass is 10.4. The van der Waals surface area contributed by atoms with Crippen LogP contribution in [0.5, 0.6) is 0 Å². The van der Waals surface area contributed by atoms with Crippen LogP contribution in [0.2, 0.25) is 0 Å². The molecule has 0 radical (unpaired) electrons. The minimum atomic E-state index is -0.161. The van der Waals surface area contributed by atoms with Crippen LogP contribution in [-0.2, 0) is 13.1 Å². The van der Waals surface area contributed by atoms with Gasteiger partial charge in [-0.1, -0.05) is 12.1 Å². The number of allylic oxidation sites excluding steroid dienone is 1. The minimum Gasteiger partial charge on any atom is -0.378 e. The third kappa shape index (κ3) is 2.88. The SMILES string of the molecule is C=CCn1ncc(NCc2cccs2)c(Br)c1=O. The summed E-state index contributed by atoms with van der Waals surface area (Å²) in [6, 6.07) is 4.04. The number of rotatable bonds is 5. The molecule has 0 spiro atoms. The highest BCUT2D eigenvalue weighted by Gasteiger charge is 2.07. The Balaban J connectivity index is 2.16. The Morgan fingerprint density at radius 2 is 2.44 bits per heavy atom. The summed E-state index contributed by atoms with van der Waals surface area (Å²) in [7, 11) is 0. The lowest BCUT2D eigenvalue weighted by Crippen LogP contribution is -2.23. The summed E-state index contributed by atoms with van der Waals surface area (Å²) in [5, 5.41) is 9.28. The monoisotopic (exact) mass is 325 g/mol. The predicted molar refractivity (Wildman–Crippen MR) is 78.0 cm³/mol. The molecular formula is C12H12BrN3OS. The molecule has 4 nitrogen and oxygen atoms in total. The van der Waals surface area contributed by atoms with Gasteiger partial charge in [-0.25, -0.2) is 4.68 Å². The average Bonchev–Trinajstić information content (AvgIpc) is 2.87. The molecular weight excluding hydrogens is 314 g/mol. The zero-order valence-electron chi connectivity index (χ0n) is 9.60. The van der Waals surface area contributed by atoms with E-state index in [-0.39, 0.29) is 5.56 Å². The van der Waals surface area contributed by atoms with Gasteiger partial charge in [0.2, 0.25) is 0 Å². The molecule has 0 fully saturated rings. The zero-order valence-corrected chi connectivity index (χ0v) is 12.0. The van der Waals surface area contributed by atoms with Gasteiger partial charge in [-0.15, -0.1) is 17.9 Å². The number of hydrogen-bond acceptors (Lipinski definition) is 4. The number of nitrogens with one attached hydrogen (secondary N) is 1. The van der Waals surface area contributed by atoms with Gasteiger partial charge in [0.15, 0.2) is 0 Å². The lowest BCUT2D eigenvalue weighted by Gasteiger charge is -2.08. The molecule has 0 atom stereocenters. The lowest BCUT2D eigenvalue weighted by molar-refractivity contribution is 0.649. The van der Waals surface area contributed by atoms with Gasteiger partial charge < -0.3 is 5.32 Å². The molecule has 18 heavy (non-hydrogen) atoms. The van der Waals surface area contributed by atoms with Gasteiger partial charge in [-0.05, 0) is 27.4 Å². The summed E-state index contributed by atoms with van der Waals surface area (Å²) in [5.41, 5.74) is 0.541. The first-order valence-corrected chi connectivity index (χ1v) is 7.02. The van der Waals surface area contributed by atoms with Crippen LogP contribution in [0.25, 0.3) is 0 Å². The van der Waals surface area contributed by atoms with E-state index in [1.54, 1.807) is 23.6 Å². The summed E-state index contributed by atoms with van der Waals surface area (Å²) in [5.74, 6) is 0. The smallest absolute Gasteiger partial charge is 0.283 e. The number of aromatic nitrogens is 2. The summed E-state index contributed by atoms with van der Waals surface area (Å²) in [4.78, 5) is 13.1. The molecule has 94 valence electrons. The molecule has 0 amide bonds. The number of anilines is 1. The van der Waals surface area contributed by atoms with E-state index in [1.165, 1.54) is 9.56 Å². The van der Waals surface area contributed by atoms with E-state index in [2.05, 4.69) is 32.9 Å². The molecule has 0 unspecified atom stereocenters. The molecule has 2 aromatic rings. The van der Waals surface area contributed by atoms with Crippen LogP contribution in [0, 0.1) is 0 Å². The van der Waals surface area contributed by atoms with Gasteiger partial charge in [0.05, 0.1) is 18.4 Å². The predicted octanol–water partition coefficient (Wildman–Crippen LogP) is 2.87. The number of nitrogens with zero attached hydrogens (tertiary/aromatic N) is 2. The second-order valence-electron chi connectivity index (χ2n) is 3.58. The van der Waals surface area contributed by atoms with Crippen molar-refractivity contribution in [1.82, 2.24) is 9.78 Å². The van der Waals surface area contributed by atoms with E-state index < -0.39 is 0 Å². The van der Waals surface area contributed by atoms with Crippen molar-refractivity contribution in [1.29, 1.82) is 0 Å². The Morgan fingerprint density at radius 1 is 1.61 bits per heavy atom. The third-order valence-corrected chi connectivity index (χ3v) is 3.96. The summed E-state index contributed by atoms with van der Waals surface area (Å²) >= 11 is 4.97. The fraction of sp³-hybridized carbons (Fsp3) is 0.167. The first kappa shape index (κ1) is 13.0. The van der Waals surface area contributed by atoms with Crippen molar-refractivity contribution in [2.75, 3.05) is 5.32 Å². The Morgan fingerprint density at radius 3 is 3.11 bits per heavy atom. The molecule has 1 N–H and O–H groups in total. The third-order valence-electron chi connectivity index (χ3n) is 2.32. The van der Waals surface area contributed by atoms with Crippen LogP contribution >= 0.6 is 27.3 Å². The van der Waals surface area contributed by atoms with Crippen molar-refractivity contribution in [3.63, 3.8) is 0 Å². The molecule has 0 saturated heterocycles. The summed E-state index contributed by atoms with van der Waals surface area (Å²) < 4.78 is 1.85. The van der Waals surface area contributed by atoms with Crippen LogP contribution in [0.3, 0.4) is 0 Å².